The van der Waals surface area contributed by atoms with E-state index in [0.717, 1.165) is 12.8 Å². The third kappa shape index (κ3) is 7.55. The predicted octanol–water partition coefficient (Wildman–Crippen LogP) is 5.26. The van der Waals surface area contributed by atoms with Gasteiger partial charge in [0.1, 0.15) is 0 Å². The lowest BCUT2D eigenvalue weighted by molar-refractivity contribution is 0.195. The molecule has 0 heterocycles. The highest BCUT2D eigenvalue weighted by molar-refractivity contribution is 7.54. The highest BCUT2D eigenvalue weighted by Crippen LogP contribution is 2.55. The standard InChI is InChI=1S/C12H24Cl3O3P/c1-4-10(14)8-17-19(16,12(6-3)7-13)18-9-11(15)5-2/h10-12H,4-9H2,1-3H3/t10-,11-,12+/m1/s1. The molecule has 0 aromatic carbocycles. The fraction of sp³-hybridized carbons (Fsp3) is 1.00. The van der Waals surface area contributed by atoms with Gasteiger partial charge < -0.3 is 9.05 Å². The molecule has 0 N–H and O–H groups in total. The lowest BCUT2D eigenvalue weighted by Gasteiger charge is -2.26. The summed E-state index contributed by atoms with van der Waals surface area (Å²) in [6, 6.07) is 0. The van der Waals surface area contributed by atoms with E-state index in [1.165, 1.54) is 0 Å². The van der Waals surface area contributed by atoms with E-state index in [4.69, 9.17) is 43.9 Å². The summed E-state index contributed by atoms with van der Waals surface area (Å²) >= 11 is 17.8. The highest BCUT2D eigenvalue weighted by atomic mass is 35.5. The molecule has 0 rings (SSSR count). The van der Waals surface area contributed by atoms with Crippen LogP contribution < -0.4 is 0 Å². The average molecular weight is 354 g/mol. The maximum absolute atomic E-state index is 12.8. The molecule has 0 radical (unpaired) electrons. The first-order valence-electron chi connectivity index (χ1n) is 6.66. The van der Waals surface area contributed by atoms with Crippen LogP contribution in [0.3, 0.4) is 0 Å². The Bertz CT molecular complexity index is 257. The van der Waals surface area contributed by atoms with Crippen molar-refractivity contribution in [1.82, 2.24) is 0 Å². The summed E-state index contributed by atoms with van der Waals surface area (Å²) < 4.78 is 23.7. The molecule has 19 heavy (non-hydrogen) atoms. The van der Waals surface area contributed by atoms with Crippen molar-refractivity contribution >= 4 is 42.4 Å². The summed E-state index contributed by atoms with van der Waals surface area (Å²) in [5, 5.41) is -0.356. The van der Waals surface area contributed by atoms with Crippen LogP contribution >= 0.6 is 42.4 Å². The summed E-state index contributed by atoms with van der Waals surface area (Å²) in [6.45, 7) is 6.18. The van der Waals surface area contributed by atoms with Crippen molar-refractivity contribution in [3.63, 3.8) is 0 Å². The van der Waals surface area contributed by atoms with Crippen LogP contribution in [0.15, 0.2) is 0 Å². The van der Waals surface area contributed by atoms with Crippen molar-refractivity contribution in [2.75, 3.05) is 19.1 Å². The molecule has 0 fully saturated rings. The van der Waals surface area contributed by atoms with Crippen LogP contribution in [0.5, 0.6) is 0 Å². The molecular weight excluding hydrogens is 329 g/mol. The van der Waals surface area contributed by atoms with Gasteiger partial charge in [0.15, 0.2) is 0 Å². The van der Waals surface area contributed by atoms with E-state index in [1.807, 2.05) is 20.8 Å². The highest BCUT2D eigenvalue weighted by Gasteiger charge is 2.35. The van der Waals surface area contributed by atoms with Gasteiger partial charge >= 0.3 is 7.60 Å². The molecule has 0 aliphatic carbocycles. The van der Waals surface area contributed by atoms with Gasteiger partial charge in [-0.15, -0.1) is 34.8 Å². The molecule has 7 heteroatoms. The van der Waals surface area contributed by atoms with Crippen LogP contribution in [0, 0.1) is 0 Å². The molecule has 0 spiro atoms. The largest absolute Gasteiger partial charge is 0.335 e. The molecule has 116 valence electrons. The second-order valence-corrected chi connectivity index (χ2v) is 8.23. The predicted molar refractivity (Wildman–Crippen MR) is 84.2 cm³/mol. The van der Waals surface area contributed by atoms with Crippen molar-refractivity contribution in [2.24, 2.45) is 0 Å². The Labute approximate surface area is 131 Å². The Morgan fingerprint density at radius 3 is 1.63 bits per heavy atom. The minimum atomic E-state index is -3.26. The van der Waals surface area contributed by atoms with Gasteiger partial charge in [-0.3, -0.25) is 4.57 Å². The topological polar surface area (TPSA) is 35.5 Å². The molecule has 0 unspecified atom stereocenters. The Kier molecular flexibility index (Phi) is 11.3. The minimum absolute atomic E-state index is 0.178. The smallest absolute Gasteiger partial charge is 0.307 e. The van der Waals surface area contributed by atoms with E-state index in [9.17, 15) is 4.57 Å². The fourth-order valence-electron chi connectivity index (χ4n) is 1.27. The SMILES string of the molecule is CC[C@@H](Cl)COP(=O)(OC[C@H](Cl)CC)[C@@H](CC)CCl. The summed E-state index contributed by atoms with van der Waals surface area (Å²) in [7, 11) is -3.26. The fourth-order valence-corrected chi connectivity index (χ4v) is 4.19. The van der Waals surface area contributed by atoms with Crippen molar-refractivity contribution in [3.8, 4) is 0 Å². The van der Waals surface area contributed by atoms with Crippen LogP contribution in [0.4, 0.5) is 0 Å². The van der Waals surface area contributed by atoms with E-state index in [-0.39, 0.29) is 35.5 Å². The Morgan fingerprint density at radius 2 is 1.37 bits per heavy atom. The third-order valence-corrected chi connectivity index (χ3v) is 6.77. The summed E-state index contributed by atoms with van der Waals surface area (Å²) in [6.07, 6.45) is 2.11. The molecule has 0 amide bonds. The molecule has 0 saturated carbocycles. The van der Waals surface area contributed by atoms with Gasteiger partial charge in [-0.05, 0) is 19.3 Å². The molecule has 0 aliphatic heterocycles. The Balaban J connectivity index is 4.66. The Morgan fingerprint density at radius 1 is 0.947 bits per heavy atom. The molecular formula is C12H24Cl3O3P. The van der Waals surface area contributed by atoms with Gasteiger partial charge in [-0.1, -0.05) is 20.8 Å². The molecule has 0 aromatic heterocycles. The maximum atomic E-state index is 12.8. The van der Waals surface area contributed by atoms with Gasteiger partial charge in [0.05, 0.1) is 29.6 Å². The van der Waals surface area contributed by atoms with Crippen molar-refractivity contribution < 1.29 is 13.6 Å². The zero-order valence-corrected chi connectivity index (χ0v) is 14.9. The van der Waals surface area contributed by atoms with Crippen LogP contribution in [0.1, 0.15) is 40.0 Å². The first kappa shape index (κ1) is 20.0. The van der Waals surface area contributed by atoms with Gasteiger partial charge in [0.2, 0.25) is 0 Å². The zero-order valence-electron chi connectivity index (χ0n) is 11.8. The summed E-state index contributed by atoms with van der Waals surface area (Å²) in [4.78, 5) is 0. The summed E-state index contributed by atoms with van der Waals surface area (Å²) in [5.74, 6) is 0.228. The van der Waals surface area contributed by atoms with Crippen LogP contribution in [0.25, 0.3) is 0 Å². The van der Waals surface area contributed by atoms with E-state index in [1.54, 1.807) is 0 Å². The minimum Gasteiger partial charge on any atom is -0.307 e. The van der Waals surface area contributed by atoms with Crippen molar-refractivity contribution in [1.29, 1.82) is 0 Å². The third-order valence-electron chi connectivity index (χ3n) is 2.85. The average Bonchev–Trinajstić information content (AvgIpc) is 2.43. The Hall–Kier alpha value is 1.02. The molecule has 0 saturated heterocycles. The monoisotopic (exact) mass is 352 g/mol. The van der Waals surface area contributed by atoms with E-state index in [0.29, 0.717) is 6.42 Å². The number of hydrogen-bond donors (Lipinski definition) is 0. The van der Waals surface area contributed by atoms with Gasteiger partial charge in [-0.2, -0.15) is 0 Å². The van der Waals surface area contributed by atoms with E-state index >= 15 is 0 Å². The lowest BCUT2D eigenvalue weighted by Crippen LogP contribution is -2.19. The van der Waals surface area contributed by atoms with Gasteiger partial charge in [-0.25, -0.2) is 0 Å². The second-order valence-electron chi connectivity index (χ2n) is 4.36. The van der Waals surface area contributed by atoms with Crippen molar-refractivity contribution in [2.45, 2.75) is 56.4 Å². The van der Waals surface area contributed by atoms with Crippen LogP contribution in [-0.2, 0) is 13.6 Å². The number of alkyl halides is 3. The molecule has 0 bridgehead atoms. The number of hydrogen-bond acceptors (Lipinski definition) is 3. The molecule has 0 aromatic rings. The number of halogens is 3. The maximum Gasteiger partial charge on any atom is 0.335 e. The van der Waals surface area contributed by atoms with Crippen molar-refractivity contribution in [3.05, 3.63) is 0 Å². The van der Waals surface area contributed by atoms with Gasteiger partial charge in [0.25, 0.3) is 0 Å². The molecule has 3 nitrogen and oxygen atoms in total. The van der Waals surface area contributed by atoms with E-state index < -0.39 is 7.60 Å². The zero-order chi connectivity index (χ0) is 14.9. The van der Waals surface area contributed by atoms with Gasteiger partial charge in [0, 0.05) is 5.88 Å². The number of rotatable bonds is 11. The first-order valence-corrected chi connectivity index (χ1v) is 9.68. The normalized spacial score (nSPS) is 17.2. The quantitative estimate of drug-likeness (QED) is 0.375. The van der Waals surface area contributed by atoms with E-state index in [2.05, 4.69) is 0 Å². The summed E-state index contributed by atoms with van der Waals surface area (Å²) in [5.41, 5.74) is -0.324. The molecule has 3 atom stereocenters. The van der Waals surface area contributed by atoms with Crippen LogP contribution in [-0.4, -0.2) is 35.5 Å². The molecule has 0 aliphatic rings. The van der Waals surface area contributed by atoms with Crippen LogP contribution in [0.2, 0.25) is 0 Å². The lowest BCUT2D eigenvalue weighted by atomic mass is 10.4. The first-order chi connectivity index (χ1) is 8.93. The second kappa shape index (κ2) is 10.7.